The Morgan fingerprint density at radius 1 is 1.22 bits per heavy atom. The van der Waals surface area contributed by atoms with Crippen LogP contribution in [0.3, 0.4) is 0 Å². The van der Waals surface area contributed by atoms with Gasteiger partial charge in [-0.15, -0.1) is 0 Å². The van der Waals surface area contributed by atoms with Gasteiger partial charge >= 0.3 is 0 Å². The summed E-state index contributed by atoms with van der Waals surface area (Å²) < 4.78 is 22.5. The fourth-order valence-corrected chi connectivity index (χ4v) is 2.73. The van der Waals surface area contributed by atoms with Crippen molar-refractivity contribution in [2.45, 2.75) is 39.9 Å². The lowest BCUT2D eigenvalue weighted by molar-refractivity contribution is -0.130. The summed E-state index contributed by atoms with van der Waals surface area (Å²) in [5.74, 6) is 0.514. The molecule has 2 atom stereocenters. The summed E-state index contributed by atoms with van der Waals surface area (Å²) in [5.41, 5.74) is 0. The summed E-state index contributed by atoms with van der Waals surface area (Å²) in [7, 11) is -3.04. The highest BCUT2D eigenvalue weighted by Gasteiger charge is 2.41. The van der Waals surface area contributed by atoms with Gasteiger partial charge in [-0.05, 0) is 11.8 Å². The number of hydrogen-bond donors (Lipinski definition) is 1. The van der Waals surface area contributed by atoms with E-state index in [0.29, 0.717) is 0 Å². The molecule has 1 aliphatic heterocycles. The zero-order valence-electron chi connectivity index (χ0n) is 11.8. The van der Waals surface area contributed by atoms with Gasteiger partial charge in [0, 0.05) is 12.8 Å². The lowest BCUT2D eigenvalue weighted by Crippen LogP contribution is -2.43. The maximum absolute atomic E-state index is 12.2. The minimum atomic E-state index is -3.04. The van der Waals surface area contributed by atoms with Crippen LogP contribution in [0.1, 0.15) is 27.7 Å². The van der Waals surface area contributed by atoms with Crippen LogP contribution in [0.5, 0.6) is 0 Å². The molecule has 106 valence electrons. The normalized spacial score (nSPS) is 25.5. The van der Waals surface area contributed by atoms with Gasteiger partial charge in [0.25, 0.3) is 0 Å². The van der Waals surface area contributed by atoms with Crippen molar-refractivity contribution in [3.05, 3.63) is 0 Å². The molecule has 0 radical (unpaired) electrons. The maximum atomic E-state index is 12.2. The van der Waals surface area contributed by atoms with Crippen molar-refractivity contribution in [2.24, 2.45) is 11.8 Å². The van der Waals surface area contributed by atoms with Crippen molar-refractivity contribution in [3.8, 4) is 0 Å². The van der Waals surface area contributed by atoms with Crippen LogP contribution in [0.15, 0.2) is 0 Å². The molecular weight excluding hydrogens is 252 g/mol. The van der Waals surface area contributed by atoms with Crippen LogP contribution in [0.25, 0.3) is 0 Å². The number of nitrogens with one attached hydrogen (secondary N) is 1. The highest BCUT2D eigenvalue weighted by molar-refractivity contribution is 7.90. The summed E-state index contributed by atoms with van der Waals surface area (Å²) in [6.45, 7) is 8.32. The van der Waals surface area contributed by atoms with Gasteiger partial charge in [-0.25, -0.2) is 8.42 Å². The van der Waals surface area contributed by atoms with E-state index in [0.717, 1.165) is 0 Å². The Balaban J connectivity index is 2.81. The Kier molecular flexibility index (Phi) is 4.78. The van der Waals surface area contributed by atoms with E-state index in [9.17, 15) is 13.2 Å². The predicted octanol–water partition coefficient (Wildman–Crippen LogP) is 0.470. The number of rotatable bonds is 5. The number of sulfone groups is 1. The maximum Gasteiger partial charge on any atom is 0.241 e. The van der Waals surface area contributed by atoms with Crippen molar-refractivity contribution in [3.63, 3.8) is 0 Å². The van der Waals surface area contributed by atoms with E-state index in [1.807, 2.05) is 27.7 Å². The molecule has 1 N–H and O–H groups in total. The van der Waals surface area contributed by atoms with E-state index in [1.165, 1.54) is 6.26 Å². The highest BCUT2D eigenvalue weighted by Crippen LogP contribution is 2.21. The first-order valence-electron chi connectivity index (χ1n) is 6.37. The largest absolute Gasteiger partial charge is 0.325 e. The number of amides is 1. The summed E-state index contributed by atoms with van der Waals surface area (Å²) in [6, 6.07) is -0.197. The average molecular weight is 276 g/mol. The standard InChI is InChI=1S/C12H24N2O3S/c1-8(2)10-12(15)14(6-7-18(5,16)17)11(13-10)9(3)4/h8-11,13H,6-7H2,1-5H3. The van der Waals surface area contributed by atoms with Crippen molar-refractivity contribution < 1.29 is 13.2 Å². The third kappa shape index (κ3) is 3.68. The minimum Gasteiger partial charge on any atom is -0.325 e. The molecule has 0 aromatic carbocycles. The number of carbonyl (C=O) groups excluding carboxylic acids is 1. The Morgan fingerprint density at radius 3 is 2.17 bits per heavy atom. The smallest absolute Gasteiger partial charge is 0.241 e. The van der Waals surface area contributed by atoms with Crippen molar-refractivity contribution in [1.29, 1.82) is 0 Å². The van der Waals surface area contributed by atoms with Crippen LogP contribution < -0.4 is 5.32 Å². The van der Waals surface area contributed by atoms with Crippen molar-refractivity contribution >= 4 is 15.7 Å². The predicted molar refractivity (Wildman–Crippen MR) is 71.8 cm³/mol. The number of carbonyl (C=O) groups is 1. The molecule has 1 saturated heterocycles. The van der Waals surface area contributed by atoms with Crippen LogP contribution in [-0.2, 0) is 14.6 Å². The SMILES string of the molecule is CC(C)C1NC(C(C)C)N(CCS(C)(=O)=O)C1=O. The monoisotopic (exact) mass is 276 g/mol. The fourth-order valence-electron chi connectivity index (χ4n) is 2.20. The van der Waals surface area contributed by atoms with Gasteiger partial charge < -0.3 is 4.90 Å². The lowest BCUT2D eigenvalue weighted by Gasteiger charge is -2.26. The number of hydrogen-bond acceptors (Lipinski definition) is 4. The Hall–Kier alpha value is -0.620. The summed E-state index contributed by atoms with van der Waals surface area (Å²) in [4.78, 5) is 13.9. The Morgan fingerprint density at radius 2 is 1.78 bits per heavy atom. The first-order valence-corrected chi connectivity index (χ1v) is 8.44. The average Bonchev–Trinajstić information content (AvgIpc) is 2.51. The topological polar surface area (TPSA) is 66.5 Å². The van der Waals surface area contributed by atoms with Crippen molar-refractivity contribution in [2.75, 3.05) is 18.6 Å². The molecule has 1 fully saturated rings. The summed E-state index contributed by atoms with van der Waals surface area (Å²) in [5, 5.41) is 3.31. The highest BCUT2D eigenvalue weighted by atomic mass is 32.2. The molecule has 2 unspecified atom stereocenters. The van der Waals surface area contributed by atoms with Gasteiger partial charge in [0.05, 0.1) is 18.0 Å². The van der Waals surface area contributed by atoms with Crippen LogP contribution >= 0.6 is 0 Å². The second kappa shape index (κ2) is 5.57. The second-order valence-electron chi connectivity index (χ2n) is 5.74. The first-order chi connectivity index (χ1) is 8.13. The molecule has 0 bridgehead atoms. The van der Waals surface area contributed by atoms with E-state index in [2.05, 4.69) is 5.32 Å². The third-order valence-corrected chi connectivity index (χ3v) is 4.16. The first kappa shape index (κ1) is 15.4. The van der Waals surface area contributed by atoms with Crippen LogP contribution in [0.2, 0.25) is 0 Å². The Bertz CT molecular complexity index is 404. The van der Waals surface area contributed by atoms with Gasteiger partial charge in [0.2, 0.25) is 5.91 Å². The van der Waals surface area contributed by atoms with Crippen molar-refractivity contribution in [1.82, 2.24) is 10.2 Å². The molecule has 18 heavy (non-hydrogen) atoms. The molecule has 0 aromatic rings. The van der Waals surface area contributed by atoms with Gasteiger partial charge in [0.1, 0.15) is 9.84 Å². The fraction of sp³-hybridized carbons (Fsp3) is 0.917. The van der Waals surface area contributed by atoms with Gasteiger partial charge in [-0.2, -0.15) is 0 Å². The molecular formula is C12H24N2O3S. The van der Waals surface area contributed by atoms with E-state index < -0.39 is 9.84 Å². The summed E-state index contributed by atoms with van der Waals surface area (Å²) >= 11 is 0. The van der Waals surface area contributed by atoms with E-state index in [4.69, 9.17) is 0 Å². The summed E-state index contributed by atoms with van der Waals surface area (Å²) in [6.07, 6.45) is 1.14. The molecule has 0 aliphatic carbocycles. The van der Waals surface area contributed by atoms with Gasteiger partial charge in [-0.3, -0.25) is 10.1 Å². The van der Waals surface area contributed by atoms with Crippen LogP contribution in [0.4, 0.5) is 0 Å². The molecule has 1 aliphatic rings. The minimum absolute atomic E-state index is 0.0207. The van der Waals surface area contributed by atoms with E-state index in [-0.39, 0.29) is 42.2 Å². The molecule has 1 amide bonds. The molecule has 1 heterocycles. The zero-order chi connectivity index (χ0) is 14.1. The molecule has 0 saturated carbocycles. The number of nitrogens with zero attached hydrogens (tertiary/aromatic N) is 1. The van der Waals surface area contributed by atoms with Gasteiger partial charge in [0.15, 0.2) is 0 Å². The van der Waals surface area contributed by atoms with E-state index >= 15 is 0 Å². The Labute approximate surface area is 110 Å². The molecule has 5 nitrogen and oxygen atoms in total. The molecule has 1 rings (SSSR count). The van der Waals surface area contributed by atoms with Crippen LogP contribution in [0, 0.1) is 11.8 Å². The third-order valence-electron chi connectivity index (χ3n) is 3.24. The second-order valence-corrected chi connectivity index (χ2v) is 8.00. The van der Waals surface area contributed by atoms with Crippen LogP contribution in [-0.4, -0.2) is 50.0 Å². The lowest BCUT2D eigenvalue weighted by atomic mass is 10.1. The zero-order valence-corrected chi connectivity index (χ0v) is 12.6. The molecule has 0 aromatic heterocycles. The van der Waals surface area contributed by atoms with Gasteiger partial charge in [-0.1, -0.05) is 27.7 Å². The molecule has 6 heteroatoms. The van der Waals surface area contributed by atoms with E-state index in [1.54, 1.807) is 4.90 Å². The quantitative estimate of drug-likeness (QED) is 0.792. The molecule has 0 spiro atoms.